The summed E-state index contributed by atoms with van der Waals surface area (Å²) in [6.45, 7) is 0. The molecule has 7 heteroatoms. The number of hydrogen-bond donors (Lipinski definition) is 2. The maximum atomic E-state index is 12.1. The minimum atomic E-state index is -0.146. The van der Waals surface area contributed by atoms with Gasteiger partial charge in [0.05, 0.1) is 0 Å². The molecule has 21 heavy (non-hydrogen) atoms. The fraction of sp³-hybridized carbons (Fsp3) is 0.500. The monoisotopic (exact) mass is 320 g/mol. The van der Waals surface area contributed by atoms with Crippen LogP contribution >= 0.6 is 22.7 Å². The predicted octanol–water partition coefficient (Wildman–Crippen LogP) is 3.58. The molecular weight excluding hydrogens is 304 g/mol. The number of aromatic nitrogens is 2. The third-order valence-corrected chi connectivity index (χ3v) is 5.54. The SMILES string of the molecule is O=C(Nc1nnc(-c2ccsc2)s1)NC(C1CC1)C1CC1. The number of hydrogen-bond acceptors (Lipinski definition) is 5. The summed E-state index contributed by atoms with van der Waals surface area (Å²) in [6.07, 6.45) is 5.01. The molecular formula is C14H16N4OS2. The van der Waals surface area contributed by atoms with Gasteiger partial charge in [-0.25, -0.2) is 4.79 Å². The molecule has 2 aromatic heterocycles. The van der Waals surface area contributed by atoms with Crippen LogP contribution in [-0.2, 0) is 0 Å². The summed E-state index contributed by atoms with van der Waals surface area (Å²) in [4.78, 5) is 12.1. The van der Waals surface area contributed by atoms with E-state index in [0.717, 1.165) is 10.6 Å². The molecule has 2 aliphatic rings. The zero-order chi connectivity index (χ0) is 14.2. The van der Waals surface area contributed by atoms with Crippen LogP contribution in [0.3, 0.4) is 0 Å². The summed E-state index contributed by atoms with van der Waals surface area (Å²) in [6, 6.07) is 2.21. The first kappa shape index (κ1) is 13.2. The number of urea groups is 1. The molecule has 2 saturated carbocycles. The van der Waals surface area contributed by atoms with E-state index in [2.05, 4.69) is 20.8 Å². The molecule has 5 nitrogen and oxygen atoms in total. The van der Waals surface area contributed by atoms with Gasteiger partial charge in [-0.15, -0.1) is 10.2 Å². The quantitative estimate of drug-likeness (QED) is 0.885. The van der Waals surface area contributed by atoms with E-state index >= 15 is 0 Å². The van der Waals surface area contributed by atoms with Gasteiger partial charge in [-0.05, 0) is 49.0 Å². The second kappa shape index (κ2) is 5.38. The number of nitrogens with zero attached hydrogens (tertiary/aromatic N) is 2. The predicted molar refractivity (Wildman–Crippen MR) is 84.6 cm³/mol. The van der Waals surface area contributed by atoms with Crippen LogP contribution in [0.1, 0.15) is 25.7 Å². The van der Waals surface area contributed by atoms with Crippen molar-refractivity contribution in [1.29, 1.82) is 0 Å². The van der Waals surface area contributed by atoms with Gasteiger partial charge < -0.3 is 5.32 Å². The van der Waals surface area contributed by atoms with Crippen molar-refractivity contribution in [3.63, 3.8) is 0 Å². The smallest absolute Gasteiger partial charge is 0.321 e. The van der Waals surface area contributed by atoms with Crippen molar-refractivity contribution in [2.75, 3.05) is 5.32 Å². The molecule has 2 fully saturated rings. The Morgan fingerprint density at radius 2 is 2.00 bits per heavy atom. The lowest BCUT2D eigenvalue weighted by atomic mass is 10.1. The highest BCUT2D eigenvalue weighted by Gasteiger charge is 2.42. The molecule has 2 aliphatic carbocycles. The topological polar surface area (TPSA) is 66.9 Å². The standard InChI is InChI=1S/C14H16N4OS2/c19-13(15-11(8-1-2-8)9-3-4-9)16-14-18-17-12(21-14)10-5-6-20-7-10/h5-9,11H,1-4H2,(H2,15,16,18,19). The summed E-state index contributed by atoms with van der Waals surface area (Å²) in [5.41, 5.74) is 1.06. The normalized spacial score (nSPS) is 18.0. The lowest BCUT2D eigenvalue weighted by Gasteiger charge is -2.17. The van der Waals surface area contributed by atoms with Crippen LogP contribution in [0.2, 0.25) is 0 Å². The van der Waals surface area contributed by atoms with Gasteiger partial charge >= 0.3 is 6.03 Å². The third kappa shape index (κ3) is 3.08. The number of amides is 2. The molecule has 0 radical (unpaired) electrons. The molecule has 0 unspecified atom stereocenters. The minimum Gasteiger partial charge on any atom is -0.335 e. The maximum Gasteiger partial charge on any atom is 0.321 e. The van der Waals surface area contributed by atoms with Crippen molar-refractivity contribution >= 4 is 33.8 Å². The average Bonchev–Trinajstić information content (AvgIpc) is 3.39. The molecule has 0 spiro atoms. The summed E-state index contributed by atoms with van der Waals surface area (Å²) in [5.74, 6) is 1.39. The van der Waals surface area contributed by atoms with Gasteiger partial charge in [0.15, 0.2) is 0 Å². The summed E-state index contributed by atoms with van der Waals surface area (Å²) in [7, 11) is 0. The minimum absolute atomic E-state index is 0.146. The Bertz CT molecular complexity index is 619. The molecule has 2 heterocycles. The maximum absolute atomic E-state index is 12.1. The van der Waals surface area contributed by atoms with Crippen molar-refractivity contribution in [3.05, 3.63) is 16.8 Å². The Hall–Kier alpha value is -1.47. The van der Waals surface area contributed by atoms with Crippen molar-refractivity contribution in [2.45, 2.75) is 31.7 Å². The Morgan fingerprint density at radius 1 is 1.24 bits per heavy atom. The number of carbonyl (C=O) groups excluding carboxylic acids is 1. The highest BCUT2D eigenvalue weighted by atomic mass is 32.1. The highest BCUT2D eigenvalue weighted by molar-refractivity contribution is 7.19. The zero-order valence-corrected chi connectivity index (χ0v) is 13.0. The molecule has 0 saturated heterocycles. The van der Waals surface area contributed by atoms with Crippen LogP contribution in [-0.4, -0.2) is 22.3 Å². The molecule has 2 aromatic rings. The number of rotatable bonds is 5. The zero-order valence-electron chi connectivity index (χ0n) is 11.4. The van der Waals surface area contributed by atoms with Crippen LogP contribution in [0.25, 0.3) is 10.6 Å². The Kier molecular flexibility index (Phi) is 3.39. The number of thiophene rings is 1. The first-order valence-electron chi connectivity index (χ1n) is 7.23. The number of carbonyl (C=O) groups is 1. The number of nitrogens with one attached hydrogen (secondary N) is 2. The van der Waals surface area contributed by atoms with Crippen molar-refractivity contribution in [1.82, 2.24) is 15.5 Å². The fourth-order valence-corrected chi connectivity index (χ4v) is 4.04. The van der Waals surface area contributed by atoms with E-state index < -0.39 is 0 Å². The van der Waals surface area contributed by atoms with Gasteiger partial charge in [0.2, 0.25) is 5.13 Å². The molecule has 0 bridgehead atoms. The highest BCUT2D eigenvalue weighted by Crippen LogP contribution is 2.44. The van der Waals surface area contributed by atoms with Gasteiger partial charge in [-0.1, -0.05) is 11.3 Å². The van der Waals surface area contributed by atoms with E-state index in [4.69, 9.17) is 0 Å². The van der Waals surface area contributed by atoms with Crippen LogP contribution in [0.5, 0.6) is 0 Å². The van der Waals surface area contributed by atoms with Gasteiger partial charge in [0.25, 0.3) is 0 Å². The van der Waals surface area contributed by atoms with E-state index in [9.17, 15) is 4.79 Å². The summed E-state index contributed by atoms with van der Waals surface area (Å²) >= 11 is 3.03. The third-order valence-electron chi connectivity index (χ3n) is 3.97. The Labute approximate surface area is 130 Å². The Balaban J connectivity index is 1.38. The van der Waals surface area contributed by atoms with Gasteiger partial charge in [-0.2, -0.15) is 11.3 Å². The van der Waals surface area contributed by atoms with E-state index in [1.54, 1.807) is 11.3 Å². The van der Waals surface area contributed by atoms with Gasteiger partial charge in [0.1, 0.15) is 5.01 Å². The van der Waals surface area contributed by atoms with Crippen LogP contribution < -0.4 is 10.6 Å². The van der Waals surface area contributed by atoms with Crippen LogP contribution in [0.15, 0.2) is 16.8 Å². The van der Waals surface area contributed by atoms with E-state index in [-0.39, 0.29) is 6.03 Å². The second-order valence-electron chi connectivity index (χ2n) is 5.72. The van der Waals surface area contributed by atoms with Gasteiger partial charge in [0, 0.05) is 17.0 Å². The first-order valence-corrected chi connectivity index (χ1v) is 8.99. The lowest BCUT2D eigenvalue weighted by Crippen LogP contribution is -2.40. The average molecular weight is 320 g/mol. The molecule has 0 atom stereocenters. The molecule has 4 rings (SSSR count). The van der Waals surface area contributed by atoms with Crippen LogP contribution in [0.4, 0.5) is 9.93 Å². The molecule has 2 N–H and O–H groups in total. The van der Waals surface area contributed by atoms with Crippen LogP contribution in [0, 0.1) is 11.8 Å². The van der Waals surface area contributed by atoms with Crippen molar-refractivity contribution in [3.8, 4) is 10.6 Å². The van der Waals surface area contributed by atoms with E-state index in [1.807, 2.05) is 16.8 Å². The van der Waals surface area contributed by atoms with E-state index in [0.29, 0.717) is 23.0 Å². The Morgan fingerprint density at radius 3 is 2.62 bits per heavy atom. The molecule has 0 aliphatic heterocycles. The lowest BCUT2D eigenvalue weighted by molar-refractivity contribution is 0.245. The molecule has 2 amide bonds. The molecule has 110 valence electrons. The largest absolute Gasteiger partial charge is 0.335 e. The second-order valence-corrected chi connectivity index (χ2v) is 7.48. The van der Waals surface area contributed by atoms with Crippen molar-refractivity contribution in [2.24, 2.45) is 11.8 Å². The number of anilines is 1. The molecule has 0 aromatic carbocycles. The first-order chi connectivity index (χ1) is 10.3. The van der Waals surface area contributed by atoms with Crippen molar-refractivity contribution < 1.29 is 4.79 Å². The van der Waals surface area contributed by atoms with E-state index in [1.165, 1.54) is 37.0 Å². The van der Waals surface area contributed by atoms with Gasteiger partial charge in [-0.3, -0.25) is 5.32 Å². The summed E-state index contributed by atoms with van der Waals surface area (Å²) < 4.78 is 0. The fourth-order valence-electron chi connectivity index (χ4n) is 2.59. The summed E-state index contributed by atoms with van der Waals surface area (Å²) in [5, 5.41) is 19.5.